The standard InChI is InChI=1S/C22H25N3O5S2/c1-14-5-4-12-25(13-14)32(27,28)16-8-6-15(7-9-16)21(26)24-22-23-19-17(29-2)10-11-18(30-3)20(19)31-22/h6-11,14H,4-5,12-13H2,1-3H3,(H,23,24,26). The third-order valence-electron chi connectivity index (χ3n) is 5.50. The Balaban J connectivity index is 1.53. The van der Waals surface area contributed by atoms with Gasteiger partial charge in [-0.2, -0.15) is 4.31 Å². The highest BCUT2D eigenvalue weighted by Gasteiger charge is 2.28. The fourth-order valence-electron chi connectivity index (χ4n) is 3.80. The number of carbonyl (C=O) groups excluding carboxylic acids is 1. The third kappa shape index (κ3) is 4.30. The summed E-state index contributed by atoms with van der Waals surface area (Å²) in [5, 5.41) is 3.17. The van der Waals surface area contributed by atoms with Crippen LogP contribution in [0.4, 0.5) is 5.13 Å². The fraction of sp³-hybridized carbons (Fsp3) is 0.364. The van der Waals surface area contributed by atoms with Crippen molar-refractivity contribution in [3.05, 3.63) is 42.0 Å². The summed E-state index contributed by atoms with van der Waals surface area (Å²) in [4.78, 5) is 17.4. The normalized spacial score (nSPS) is 17.3. The second kappa shape index (κ2) is 9.05. The van der Waals surface area contributed by atoms with Crippen LogP contribution < -0.4 is 14.8 Å². The number of hydrogen-bond acceptors (Lipinski definition) is 7. The number of sulfonamides is 1. The van der Waals surface area contributed by atoms with Crippen LogP contribution in [0.15, 0.2) is 41.3 Å². The molecule has 1 aliphatic heterocycles. The average molecular weight is 476 g/mol. The molecular weight excluding hydrogens is 450 g/mol. The van der Waals surface area contributed by atoms with Gasteiger partial charge < -0.3 is 9.47 Å². The quantitative estimate of drug-likeness (QED) is 0.579. The maximum Gasteiger partial charge on any atom is 0.257 e. The number of aromatic nitrogens is 1. The van der Waals surface area contributed by atoms with Gasteiger partial charge in [0, 0.05) is 18.7 Å². The number of benzene rings is 2. The minimum atomic E-state index is -3.57. The lowest BCUT2D eigenvalue weighted by Crippen LogP contribution is -2.39. The van der Waals surface area contributed by atoms with Crippen molar-refractivity contribution in [3.63, 3.8) is 0 Å². The average Bonchev–Trinajstić information content (AvgIpc) is 3.22. The van der Waals surface area contributed by atoms with Crippen LogP contribution in [-0.2, 0) is 10.0 Å². The summed E-state index contributed by atoms with van der Waals surface area (Å²) in [7, 11) is -0.442. The lowest BCUT2D eigenvalue weighted by Gasteiger charge is -2.30. The first-order chi connectivity index (χ1) is 15.3. The maximum absolute atomic E-state index is 12.9. The van der Waals surface area contributed by atoms with E-state index in [9.17, 15) is 13.2 Å². The molecule has 4 rings (SSSR count). The Morgan fingerprint density at radius 1 is 1.12 bits per heavy atom. The third-order valence-corrected chi connectivity index (χ3v) is 8.37. The van der Waals surface area contributed by atoms with Gasteiger partial charge in [-0.1, -0.05) is 18.3 Å². The van der Waals surface area contributed by atoms with Crippen molar-refractivity contribution in [1.29, 1.82) is 0 Å². The van der Waals surface area contributed by atoms with E-state index in [0.29, 0.717) is 46.7 Å². The van der Waals surface area contributed by atoms with E-state index >= 15 is 0 Å². The lowest BCUT2D eigenvalue weighted by atomic mass is 10.0. The van der Waals surface area contributed by atoms with E-state index in [1.54, 1.807) is 26.4 Å². The maximum atomic E-state index is 12.9. The highest BCUT2D eigenvalue weighted by atomic mass is 32.2. The Hall–Kier alpha value is -2.69. The number of nitrogens with one attached hydrogen (secondary N) is 1. The van der Waals surface area contributed by atoms with E-state index in [1.165, 1.54) is 39.9 Å². The van der Waals surface area contributed by atoms with E-state index in [2.05, 4.69) is 17.2 Å². The Bertz CT molecular complexity index is 1200. The molecular formula is C22H25N3O5S2. The largest absolute Gasteiger partial charge is 0.495 e. The smallest absolute Gasteiger partial charge is 0.257 e. The number of amides is 1. The van der Waals surface area contributed by atoms with Crippen molar-refractivity contribution >= 4 is 42.6 Å². The van der Waals surface area contributed by atoms with Crippen molar-refractivity contribution in [1.82, 2.24) is 9.29 Å². The lowest BCUT2D eigenvalue weighted by molar-refractivity contribution is 0.102. The second-order valence-electron chi connectivity index (χ2n) is 7.76. The molecule has 2 aromatic carbocycles. The molecule has 1 aromatic heterocycles. The van der Waals surface area contributed by atoms with E-state index in [1.807, 2.05) is 0 Å². The number of rotatable bonds is 6. The Labute approximate surface area is 191 Å². The zero-order valence-electron chi connectivity index (χ0n) is 18.1. The molecule has 10 heteroatoms. The Kier molecular flexibility index (Phi) is 6.36. The monoisotopic (exact) mass is 475 g/mol. The predicted octanol–water partition coefficient (Wildman–Crippen LogP) is 3.99. The molecule has 170 valence electrons. The Morgan fingerprint density at radius 2 is 1.81 bits per heavy atom. The number of carbonyl (C=O) groups is 1. The van der Waals surface area contributed by atoms with Gasteiger partial charge in [0.25, 0.3) is 5.91 Å². The summed E-state index contributed by atoms with van der Waals surface area (Å²) in [6, 6.07) is 9.54. The molecule has 1 atom stereocenters. The topological polar surface area (TPSA) is 97.8 Å². The molecule has 1 saturated heterocycles. The summed E-state index contributed by atoms with van der Waals surface area (Å²) in [5.41, 5.74) is 0.943. The first-order valence-electron chi connectivity index (χ1n) is 10.3. The van der Waals surface area contributed by atoms with Crippen LogP contribution in [0.3, 0.4) is 0 Å². The molecule has 1 N–H and O–H groups in total. The van der Waals surface area contributed by atoms with Crippen LogP contribution in [0.5, 0.6) is 11.5 Å². The number of piperidine rings is 1. The number of hydrogen-bond donors (Lipinski definition) is 1. The molecule has 0 radical (unpaired) electrons. The van der Waals surface area contributed by atoms with Crippen molar-refractivity contribution < 1.29 is 22.7 Å². The van der Waals surface area contributed by atoms with Gasteiger partial charge in [0.05, 0.1) is 19.1 Å². The molecule has 0 bridgehead atoms. The summed E-state index contributed by atoms with van der Waals surface area (Å²) in [6.07, 6.45) is 1.90. The van der Waals surface area contributed by atoms with Crippen LogP contribution in [0.1, 0.15) is 30.1 Å². The summed E-state index contributed by atoms with van der Waals surface area (Å²) in [5.74, 6) is 1.19. The molecule has 0 saturated carbocycles. The van der Waals surface area contributed by atoms with Gasteiger partial charge in [-0.3, -0.25) is 10.1 Å². The van der Waals surface area contributed by atoms with Gasteiger partial charge in [-0.25, -0.2) is 13.4 Å². The predicted molar refractivity (Wildman–Crippen MR) is 124 cm³/mol. The minimum absolute atomic E-state index is 0.192. The van der Waals surface area contributed by atoms with Crippen molar-refractivity contribution in [2.45, 2.75) is 24.7 Å². The summed E-state index contributed by atoms with van der Waals surface area (Å²) < 4.78 is 38.8. The summed E-state index contributed by atoms with van der Waals surface area (Å²) >= 11 is 1.28. The van der Waals surface area contributed by atoms with Gasteiger partial charge in [-0.05, 0) is 55.2 Å². The van der Waals surface area contributed by atoms with Gasteiger partial charge in [-0.15, -0.1) is 0 Å². The van der Waals surface area contributed by atoms with E-state index in [0.717, 1.165) is 17.5 Å². The number of methoxy groups -OCH3 is 2. The van der Waals surface area contributed by atoms with E-state index in [-0.39, 0.29) is 10.8 Å². The molecule has 32 heavy (non-hydrogen) atoms. The number of ether oxygens (including phenoxy) is 2. The van der Waals surface area contributed by atoms with Gasteiger partial charge in [0.1, 0.15) is 21.7 Å². The van der Waals surface area contributed by atoms with Crippen molar-refractivity contribution in [2.75, 3.05) is 32.6 Å². The minimum Gasteiger partial charge on any atom is -0.495 e. The fourth-order valence-corrected chi connectivity index (χ4v) is 6.37. The Morgan fingerprint density at radius 3 is 2.47 bits per heavy atom. The molecule has 3 aromatic rings. The van der Waals surface area contributed by atoms with Crippen molar-refractivity contribution in [2.24, 2.45) is 5.92 Å². The molecule has 2 heterocycles. The number of anilines is 1. The first kappa shape index (κ1) is 22.5. The van der Waals surface area contributed by atoms with E-state index in [4.69, 9.17) is 9.47 Å². The zero-order valence-corrected chi connectivity index (χ0v) is 19.8. The van der Waals surface area contributed by atoms with Crippen LogP contribution in [0.25, 0.3) is 10.2 Å². The molecule has 1 amide bonds. The molecule has 0 spiro atoms. The van der Waals surface area contributed by atoms with Gasteiger partial charge >= 0.3 is 0 Å². The summed E-state index contributed by atoms with van der Waals surface area (Å²) in [6.45, 7) is 3.11. The number of fused-ring (bicyclic) bond motifs is 1. The van der Waals surface area contributed by atoms with Gasteiger partial charge in [0.2, 0.25) is 10.0 Å². The molecule has 0 aliphatic carbocycles. The molecule has 1 aliphatic rings. The van der Waals surface area contributed by atoms with Gasteiger partial charge in [0.15, 0.2) is 5.13 Å². The van der Waals surface area contributed by atoms with Crippen LogP contribution in [0.2, 0.25) is 0 Å². The second-order valence-corrected chi connectivity index (χ2v) is 10.7. The van der Waals surface area contributed by atoms with E-state index < -0.39 is 10.0 Å². The molecule has 1 fully saturated rings. The van der Waals surface area contributed by atoms with Crippen LogP contribution in [0, 0.1) is 5.92 Å². The SMILES string of the molecule is COc1ccc(OC)c2sc(NC(=O)c3ccc(S(=O)(=O)N4CCCC(C)C4)cc3)nc12. The highest BCUT2D eigenvalue weighted by molar-refractivity contribution is 7.89. The molecule has 1 unspecified atom stereocenters. The first-order valence-corrected chi connectivity index (χ1v) is 12.5. The number of nitrogens with zero attached hydrogens (tertiary/aromatic N) is 2. The van der Waals surface area contributed by atoms with Crippen molar-refractivity contribution in [3.8, 4) is 11.5 Å². The van der Waals surface area contributed by atoms with Crippen LogP contribution >= 0.6 is 11.3 Å². The zero-order chi connectivity index (χ0) is 22.9. The highest BCUT2D eigenvalue weighted by Crippen LogP contribution is 2.39. The van der Waals surface area contributed by atoms with Crippen LogP contribution in [-0.4, -0.2) is 50.9 Å². The number of thiazole rings is 1. The molecule has 8 nitrogen and oxygen atoms in total.